The Morgan fingerprint density at radius 2 is 1.90 bits per heavy atom. The lowest BCUT2D eigenvalue weighted by atomic mass is 9.64. The average molecular weight is 442 g/mol. The van der Waals surface area contributed by atoms with Crippen LogP contribution < -0.4 is 15.9 Å². The SMILES string of the molecule is Nn1c(COc2ccc(F)cc2)nnc1SCC(=O)NCC1(c2ccccc2)CCC1. The number of amides is 1. The van der Waals surface area contributed by atoms with E-state index < -0.39 is 0 Å². The number of thioether (sulfide) groups is 1. The Labute approximate surface area is 184 Å². The highest BCUT2D eigenvalue weighted by atomic mass is 32.2. The molecule has 0 bridgehead atoms. The summed E-state index contributed by atoms with van der Waals surface area (Å²) in [6.07, 6.45) is 3.34. The molecule has 0 unspecified atom stereocenters. The number of carbonyl (C=O) groups is 1. The molecular formula is C22H24FN5O2S. The molecule has 2 aromatic carbocycles. The van der Waals surface area contributed by atoms with E-state index in [0.29, 0.717) is 23.3 Å². The van der Waals surface area contributed by atoms with Crippen LogP contribution in [-0.4, -0.2) is 33.1 Å². The molecule has 1 fully saturated rings. The van der Waals surface area contributed by atoms with Gasteiger partial charge in [0, 0.05) is 12.0 Å². The summed E-state index contributed by atoms with van der Waals surface area (Å²) in [5.41, 5.74) is 1.32. The molecule has 1 heterocycles. The molecule has 1 amide bonds. The minimum Gasteiger partial charge on any atom is -0.486 e. The van der Waals surface area contributed by atoms with Crippen LogP contribution in [0.5, 0.6) is 5.75 Å². The Morgan fingerprint density at radius 1 is 1.16 bits per heavy atom. The Hall–Kier alpha value is -3.07. The fraction of sp³-hybridized carbons (Fsp3) is 0.318. The van der Waals surface area contributed by atoms with Crippen molar-refractivity contribution in [2.24, 2.45) is 0 Å². The van der Waals surface area contributed by atoms with E-state index in [1.54, 1.807) is 0 Å². The van der Waals surface area contributed by atoms with Gasteiger partial charge in [0.05, 0.1) is 5.75 Å². The van der Waals surface area contributed by atoms with Gasteiger partial charge in [-0.2, -0.15) is 0 Å². The summed E-state index contributed by atoms with van der Waals surface area (Å²) in [4.78, 5) is 12.4. The van der Waals surface area contributed by atoms with Crippen LogP contribution in [0.4, 0.5) is 4.39 Å². The van der Waals surface area contributed by atoms with Crippen LogP contribution in [-0.2, 0) is 16.8 Å². The third-order valence-electron chi connectivity index (χ3n) is 5.57. The fourth-order valence-corrected chi connectivity index (χ4v) is 4.30. The fourth-order valence-electron chi connectivity index (χ4n) is 3.59. The number of halogens is 1. The minimum absolute atomic E-state index is 0.0420. The number of hydrogen-bond donors (Lipinski definition) is 2. The molecule has 7 nitrogen and oxygen atoms in total. The zero-order valence-electron chi connectivity index (χ0n) is 17.0. The molecule has 0 saturated heterocycles. The van der Waals surface area contributed by atoms with Crippen LogP contribution in [0.3, 0.4) is 0 Å². The van der Waals surface area contributed by atoms with Gasteiger partial charge in [-0.05, 0) is 42.7 Å². The summed E-state index contributed by atoms with van der Waals surface area (Å²) >= 11 is 1.22. The number of carbonyl (C=O) groups excluding carboxylic acids is 1. The Balaban J connectivity index is 1.26. The van der Waals surface area contributed by atoms with Crippen molar-refractivity contribution in [1.29, 1.82) is 0 Å². The van der Waals surface area contributed by atoms with Crippen LogP contribution in [0.2, 0.25) is 0 Å². The van der Waals surface area contributed by atoms with E-state index >= 15 is 0 Å². The third kappa shape index (κ3) is 4.99. The second-order valence-electron chi connectivity index (χ2n) is 7.58. The van der Waals surface area contributed by atoms with Crippen LogP contribution >= 0.6 is 11.8 Å². The van der Waals surface area contributed by atoms with Gasteiger partial charge in [0.2, 0.25) is 11.1 Å². The Morgan fingerprint density at radius 3 is 2.58 bits per heavy atom. The van der Waals surface area contributed by atoms with Gasteiger partial charge in [-0.1, -0.05) is 48.5 Å². The number of rotatable bonds is 9. The molecule has 1 saturated carbocycles. The van der Waals surface area contributed by atoms with Gasteiger partial charge in [-0.15, -0.1) is 10.2 Å². The van der Waals surface area contributed by atoms with Crippen LogP contribution in [0, 0.1) is 5.82 Å². The normalized spacial score (nSPS) is 14.6. The van der Waals surface area contributed by atoms with Gasteiger partial charge in [0.15, 0.2) is 5.82 Å². The number of ether oxygens (including phenoxy) is 1. The van der Waals surface area contributed by atoms with Crippen LogP contribution in [0.1, 0.15) is 30.7 Å². The molecule has 3 N–H and O–H groups in total. The first-order valence-corrected chi connectivity index (χ1v) is 11.1. The first-order chi connectivity index (χ1) is 15.1. The average Bonchev–Trinajstić information content (AvgIpc) is 3.11. The lowest BCUT2D eigenvalue weighted by Gasteiger charge is -2.42. The van der Waals surface area contributed by atoms with Crippen molar-refractivity contribution in [3.05, 3.63) is 71.8 Å². The standard InChI is InChI=1S/C22H24FN5O2S/c23-17-7-9-18(10-8-17)30-13-19-26-27-21(28(19)24)31-14-20(29)25-15-22(11-4-12-22)16-5-2-1-3-6-16/h1-3,5-10H,4,11-15,24H2,(H,25,29). The highest BCUT2D eigenvalue weighted by Crippen LogP contribution is 2.43. The Bertz CT molecular complexity index is 1020. The number of nitrogens with zero attached hydrogens (tertiary/aromatic N) is 3. The summed E-state index contributed by atoms with van der Waals surface area (Å²) in [6, 6.07) is 16.0. The van der Waals surface area contributed by atoms with E-state index in [2.05, 4.69) is 27.6 Å². The molecule has 0 radical (unpaired) electrons. The number of nitrogen functional groups attached to an aromatic ring is 1. The van der Waals surface area contributed by atoms with Crippen molar-refractivity contribution >= 4 is 17.7 Å². The maximum atomic E-state index is 13.0. The minimum atomic E-state index is -0.335. The van der Waals surface area contributed by atoms with Gasteiger partial charge in [0.25, 0.3) is 0 Å². The molecule has 31 heavy (non-hydrogen) atoms. The second-order valence-corrected chi connectivity index (χ2v) is 8.52. The van der Waals surface area contributed by atoms with E-state index in [-0.39, 0.29) is 29.5 Å². The highest BCUT2D eigenvalue weighted by Gasteiger charge is 2.38. The van der Waals surface area contributed by atoms with E-state index in [4.69, 9.17) is 10.6 Å². The quantitative estimate of drug-likeness (QED) is 0.392. The Kier molecular flexibility index (Phi) is 6.41. The predicted octanol–water partition coefficient (Wildman–Crippen LogP) is 3.04. The first-order valence-electron chi connectivity index (χ1n) is 10.1. The van der Waals surface area contributed by atoms with Crippen molar-refractivity contribution in [2.45, 2.75) is 36.4 Å². The second kappa shape index (κ2) is 9.38. The summed E-state index contributed by atoms with van der Waals surface area (Å²) in [5.74, 6) is 6.72. The van der Waals surface area contributed by atoms with Gasteiger partial charge >= 0.3 is 0 Å². The monoisotopic (exact) mass is 441 g/mol. The maximum Gasteiger partial charge on any atom is 0.230 e. The van der Waals surface area contributed by atoms with Crippen molar-refractivity contribution in [1.82, 2.24) is 20.2 Å². The number of benzene rings is 2. The van der Waals surface area contributed by atoms with E-state index in [1.807, 2.05) is 18.2 Å². The smallest absolute Gasteiger partial charge is 0.230 e. The van der Waals surface area contributed by atoms with Crippen LogP contribution in [0.25, 0.3) is 0 Å². The molecule has 0 spiro atoms. The summed E-state index contributed by atoms with van der Waals surface area (Å²) in [6.45, 7) is 0.712. The maximum absolute atomic E-state index is 13.0. The highest BCUT2D eigenvalue weighted by molar-refractivity contribution is 7.99. The molecule has 4 rings (SSSR count). The van der Waals surface area contributed by atoms with Crippen molar-refractivity contribution in [3.63, 3.8) is 0 Å². The largest absolute Gasteiger partial charge is 0.486 e. The van der Waals surface area contributed by atoms with Crippen LogP contribution in [0.15, 0.2) is 59.8 Å². The van der Waals surface area contributed by atoms with Crippen molar-refractivity contribution in [3.8, 4) is 5.75 Å². The number of nitrogens with one attached hydrogen (secondary N) is 1. The van der Waals surface area contributed by atoms with Gasteiger partial charge in [0.1, 0.15) is 18.2 Å². The van der Waals surface area contributed by atoms with Gasteiger partial charge in [-0.25, -0.2) is 9.07 Å². The van der Waals surface area contributed by atoms with Crippen molar-refractivity contribution in [2.75, 3.05) is 18.1 Å². The molecule has 1 aromatic heterocycles. The lowest BCUT2D eigenvalue weighted by Crippen LogP contribution is -2.46. The molecular weight excluding hydrogens is 417 g/mol. The number of nitrogens with two attached hydrogens (primary N) is 1. The van der Waals surface area contributed by atoms with Gasteiger partial charge < -0.3 is 15.9 Å². The van der Waals surface area contributed by atoms with Gasteiger partial charge in [-0.3, -0.25) is 4.79 Å². The summed E-state index contributed by atoms with van der Waals surface area (Å²) < 4.78 is 19.8. The van der Waals surface area contributed by atoms with E-state index in [9.17, 15) is 9.18 Å². The number of aromatic nitrogens is 3. The summed E-state index contributed by atoms with van der Waals surface area (Å²) in [7, 11) is 0. The molecule has 1 aliphatic carbocycles. The first kappa shape index (κ1) is 21.2. The lowest BCUT2D eigenvalue weighted by molar-refractivity contribution is -0.119. The molecule has 162 valence electrons. The molecule has 0 aliphatic heterocycles. The predicted molar refractivity (Wildman–Crippen MR) is 117 cm³/mol. The van der Waals surface area contributed by atoms with E-state index in [1.165, 1.54) is 52.7 Å². The topological polar surface area (TPSA) is 95.1 Å². The number of hydrogen-bond acceptors (Lipinski definition) is 6. The summed E-state index contributed by atoms with van der Waals surface area (Å²) in [5, 5.41) is 11.5. The molecule has 0 atom stereocenters. The van der Waals surface area contributed by atoms with Crippen molar-refractivity contribution < 1.29 is 13.9 Å². The molecule has 9 heteroatoms. The third-order valence-corrected chi connectivity index (χ3v) is 6.51. The van der Waals surface area contributed by atoms with E-state index in [0.717, 1.165) is 12.8 Å². The zero-order valence-corrected chi connectivity index (χ0v) is 17.8. The zero-order chi connectivity index (χ0) is 21.7. The molecule has 3 aromatic rings. The molecule has 1 aliphatic rings.